The lowest BCUT2D eigenvalue weighted by Crippen LogP contribution is -2.45. The quantitative estimate of drug-likeness (QED) is 0.410. The van der Waals surface area contributed by atoms with Gasteiger partial charge in [0.05, 0.1) is 24.7 Å². The standard InChI is InChI=1S/C28H29F3O5/c29-28(30,31)36-22-8-9-23(35-21-6-7-21)19(16-22)17-34-18-26(20-4-2-1-3-5-20)12-14-27(15-13-26)24(32)10-11-25(27)33/h1-5,8-9,16,21H,6-7,10-15,17-18H2. The molecule has 0 aliphatic heterocycles. The van der Waals surface area contributed by atoms with Crippen molar-refractivity contribution < 1.29 is 37.0 Å². The lowest BCUT2D eigenvalue weighted by Gasteiger charge is -2.43. The van der Waals surface area contributed by atoms with E-state index in [1.54, 1.807) is 0 Å². The molecule has 0 radical (unpaired) electrons. The predicted molar refractivity (Wildman–Crippen MR) is 125 cm³/mol. The van der Waals surface area contributed by atoms with Crippen LogP contribution < -0.4 is 9.47 Å². The minimum Gasteiger partial charge on any atom is -0.490 e. The molecule has 192 valence electrons. The molecule has 0 atom stereocenters. The Morgan fingerprint density at radius 3 is 2.17 bits per heavy atom. The van der Waals surface area contributed by atoms with E-state index >= 15 is 0 Å². The molecular formula is C28H29F3O5. The number of hydrogen-bond donors (Lipinski definition) is 0. The largest absolute Gasteiger partial charge is 0.573 e. The molecule has 0 heterocycles. The highest BCUT2D eigenvalue weighted by atomic mass is 19.4. The van der Waals surface area contributed by atoms with Crippen molar-refractivity contribution in [1.82, 2.24) is 0 Å². The zero-order valence-corrected chi connectivity index (χ0v) is 19.9. The normalized spacial score (nSPS) is 21.1. The third kappa shape index (κ3) is 5.14. The van der Waals surface area contributed by atoms with Crippen LogP contribution in [0.15, 0.2) is 48.5 Å². The van der Waals surface area contributed by atoms with Crippen molar-refractivity contribution in [1.29, 1.82) is 0 Å². The highest BCUT2D eigenvalue weighted by Crippen LogP contribution is 2.51. The van der Waals surface area contributed by atoms with Crippen molar-refractivity contribution in [3.8, 4) is 11.5 Å². The molecule has 0 aromatic heterocycles. The first-order chi connectivity index (χ1) is 17.2. The molecule has 36 heavy (non-hydrogen) atoms. The van der Waals surface area contributed by atoms with Gasteiger partial charge in [0.2, 0.25) is 0 Å². The number of ether oxygens (including phenoxy) is 3. The Balaban J connectivity index is 1.34. The van der Waals surface area contributed by atoms with Crippen molar-refractivity contribution in [2.75, 3.05) is 6.61 Å². The Morgan fingerprint density at radius 1 is 0.889 bits per heavy atom. The van der Waals surface area contributed by atoms with Gasteiger partial charge in [0.1, 0.15) is 23.1 Å². The number of ketones is 2. The Labute approximate surface area is 207 Å². The lowest BCUT2D eigenvalue weighted by atomic mass is 9.60. The van der Waals surface area contributed by atoms with Gasteiger partial charge < -0.3 is 14.2 Å². The highest BCUT2D eigenvalue weighted by molar-refractivity contribution is 6.12. The van der Waals surface area contributed by atoms with E-state index in [-0.39, 0.29) is 30.0 Å². The summed E-state index contributed by atoms with van der Waals surface area (Å²) in [5.41, 5.74) is 0.307. The fraction of sp³-hybridized carbons (Fsp3) is 0.500. The van der Waals surface area contributed by atoms with Crippen LogP contribution in [0.2, 0.25) is 0 Å². The Morgan fingerprint density at radius 2 is 1.56 bits per heavy atom. The number of halogens is 3. The van der Waals surface area contributed by atoms with Crippen LogP contribution in [0, 0.1) is 5.41 Å². The van der Waals surface area contributed by atoms with Crippen molar-refractivity contribution in [2.24, 2.45) is 5.41 Å². The van der Waals surface area contributed by atoms with Crippen LogP contribution in [0.3, 0.4) is 0 Å². The van der Waals surface area contributed by atoms with Crippen LogP contribution in [0.5, 0.6) is 11.5 Å². The van der Waals surface area contributed by atoms with E-state index in [1.165, 1.54) is 18.2 Å². The molecule has 0 bridgehead atoms. The zero-order chi connectivity index (χ0) is 25.4. The summed E-state index contributed by atoms with van der Waals surface area (Å²) in [5, 5.41) is 0. The molecule has 3 saturated carbocycles. The number of benzene rings is 2. The molecule has 0 N–H and O–H groups in total. The summed E-state index contributed by atoms with van der Waals surface area (Å²) in [6.07, 6.45) is -0.00156. The third-order valence-electron chi connectivity index (χ3n) is 7.81. The van der Waals surface area contributed by atoms with Crippen LogP contribution in [0.4, 0.5) is 13.2 Å². The molecule has 2 aromatic carbocycles. The van der Waals surface area contributed by atoms with Crippen molar-refractivity contribution in [2.45, 2.75) is 75.9 Å². The second-order valence-corrected chi connectivity index (χ2v) is 10.2. The van der Waals surface area contributed by atoms with Crippen LogP contribution in [-0.2, 0) is 26.3 Å². The van der Waals surface area contributed by atoms with Crippen LogP contribution in [0.25, 0.3) is 0 Å². The smallest absolute Gasteiger partial charge is 0.490 e. The Bertz CT molecular complexity index is 1100. The van der Waals surface area contributed by atoms with Crippen LogP contribution >= 0.6 is 0 Å². The topological polar surface area (TPSA) is 61.8 Å². The van der Waals surface area contributed by atoms with E-state index in [0.29, 0.717) is 56.4 Å². The van der Waals surface area contributed by atoms with Crippen LogP contribution in [-0.4, -0.2) is 30.6 Å². The number of alkyl halides is 3. The first kappa shape index (κ1) is 24.8. The summed E-state index contributed by atoms with van der Waals surface area (Å²) in [6, 6.07) is 13.9. The van der Waals surface area contributed by atoms with Gasteiger partial charge in [-0.25, -0.2) is 0 Å². The number of hydrogen-bond acceptors (Lipinski definition) is 5. The van der Waals surface area contributed by atoms with E-state index in [0.717, 1.165) is 18.4 Å². The average molecular weight is 503 g/mol. The monoisotopic (exact) mass is 502 g/mol. The summed E-state index contributed by atoms with van der Waals surface area (Å²) in [4.78, 5) is 25.2. The van der Waals surface area contributed by atoms with Gasteiger partial charge in [-0.05, 0) is 62.3 Å². The predicted octanol–water partition coefficient (Wildman–Crippen LogP) is 6.07. The van der Waals surface area contributed by atoms with Gasteiger partial charge in [-0.15, -0.1) is 13.2 Å². The van der Waals surface area contributed by atoms with E-state index in [4.69, 9.17) is 9.47 Å². The molecule has 0 amide bonds. The molecule has 2 aromatic rings. The van der Waals surface area contributed by atoms with E-state index in [2.05, 4.69) is 4.74 Å². The average Bonchev–Trinajstić information content (AvgIpc) is 3.63. The molecule has 0 saturated heterocycles. The van der Waals surface area contributed by atoms with Gasteiger partial charge in [0, 0.05) is 23.8 Å². The molecule has 8 heteroatoms. The second kappa shape index (κ2) is 9.54. The summed E-state index contributed by atoms with van der Waals surface area (Å²) in [5.74, 6) is 0.280. The van der Waals surface area contributed by atoms with Gasteiger partial charge in [0.25, 0.3) is 0 Å². The summed E-state index contributed by atoms with van der Waals surface area (Å²) >= 11 is 0. The summed E-state index contributed by atoms with van der Waals surface area (Å²) in [7, 11) is 0. The molecule has 3 fully saturated rings. The highest BCUT2D eigenvalue weighted by Gasteiger charge is 2.54. The Kier molecular flexibility index (Phi) is 6.57. The van der Waals surface area contributed by atoms with Crippen molar-refractivity contribution in [3.05, 3.63) is 59.7 Å². The number of rotatable bonds is 8. The SMILES string of the molecule is O=C1CCC(=O)C12CCC(COCc1cc(OC(F)(F)F)ccc1OC1CC1)(c1ccccc1)CC2. The van der Waals surface area contributed by atoms with Gasteiger partial charge in [-0.3, -0.25) is 9.59 Å². The maximum Gasteiger partial charge on any atom is 0.573 e. The molecule has 1 spiro atoms. The molecule has 5 nitrogen and oxygen atoms in total. The fourth-order valence-electron chi connectivity index (χ4n) is 5.58. The van der Waals surface area contributed by atoms with Gasteiger partial charge in [-0.1, -0.05) is 30.3 Å². The number of Topliss-reactive ketones (excluding diaryl/α,β-unsaturated/α-hetero) is 2. The molecular weight excluding hydrogens is 473 g/mol. The summed E-state index contributed by atoms with van der Waals surface area (Å²) in [6.45, 7) is 0.359. The molecule has 5 rings (SSSR count). The Hall–Kier alpha value is -2.87. The van der Waals surface area contributed by atoms with Gasteiger partial charge in [-0.2, -0.15) is 0 Å². The summed E-state index contributed by atoms with van der Waals surface area (Å²) < 4.78 is 54.5. The zero-order valence-electron chi connectivity index (χ0n) is 19.9. The number of carbonyl (C=O) groups is 2. The molecule has 3 aliphatic carbocycles. The molecule has 3 aliphatic rings. The maximum atomic E-state index is 12.8. The van der Waals surface area contributed by atoms with Gasteiger partial charge >= 0.3 is 6.36 Å². The van der Waals surface area contributed by atoms with Crippen LogP contribution in [0.1, 0.15) is 62.5 Å². The first-order valence-electron chi connectivity index (χ1n) is 12.4. The van der Waals surface area contributed by atoms with E-state index < -0.39 is 17.2 Å². The van der Waals surface area contributed by atoms with E-state index in [1.807, 2.05) is 30.3 Å². The minimum absolute atomic E-state index is 0.0503. The minimum atomic E-state index is -4.79. The maximum absolute atomic E-state index is 12.8. The second-order valence-electron chi connectivity index (χ2n) is 10.2. The fourth-order valence-corrected chi connectivity index (χ4v) is 5.58. The third-order valence-corrected chi connectivity index (χ3v) is 7.81. The van der Waals surface area contributed by atoms with Crippen molar-refractivity contribution >= 4 is 11.6 Å². The van der Waals surface area contributed by atoms with Crippen molar-refractivity contribution in [3.63, 3.8) is 0 Å². The first-order valence-corrected chi connectivity index (χ1v) is 12.4. The van der Waals surface area contributed by atoms with Gasteiger partial charge in [0.15, 0.2) is 0 Å². The lowest BCUT2D eigenvalue weighted by molar-refractivity contribution is -0.274. The molecule has 0 unspecified atom stereocenters. The number of carbonyl (C=O) groups excluding carboxylic acids is 2. The van der Waals surface area contributed by atoms with E-state index in [9.17, 15) is 22.8 Å².